The molecule has 0 spiro atoms. The summed E-state index contributed by atoms with van der Waals surface area (Å²) in [7, 11) is 2.20. The van der Waals surface area contributed by atoms with Crippen molar-refractivity contribution in [1.82, 2.24) is 14.9 Å². The fourth-order valence-electron chi connectivity index (χ4n) is 2.91. The van der Waals surface area contributed by atoms with Crippen LogP contribution >= 0.6 is 11.3 Å². The van der Waals surface area contributed by atoms with E-state index in [9.17, 15) is 0 Å². The van der Waals surface area contributed by atoms with E-state index in [0.29, 0.717) is 12.1 Å². The molecule has 1 aliphatic rings. The van der Waals surface area contributed by atoms with Gasteiger partial charge in [-0.15, -0.1) is 11.3 Å². The monoisotopic (exact) mass is 302 g/mol. The molecule has 2 aromatic rings. The molecule has 2 heterocycles. The van der Waals surface area contributed by atoms with Gasteiger partial charge in [-0.05, 0) is 44.9 Å². The van der Waals surface area contributed by atoms with Crippen molar-refractivity contribution in [2.75, 3.05) is 7.05 Å². The number of hydrogen-bond donors (Lipinski definition) is 1. The lowest BCUT2D eigenvalue weighted by Crippen LogP contribution is -2.38. The molecule has 4 nitrogen and oxygen atoms in total. The van der Waals surface area contributed by atoms with Crippen LogP contribution in [-0.4, -0.2) is 34.0 Å². The molecule has 0 bridgehead atoms. The van der Waals surface area contributed by atoms with Gasteiger partial charge >= 0.3 is 0 Å². The molecule has 1 aliphatic carbocycles. The fourth-order valence-corrected chi connectivity index (χ4v) is 3.70. The maximum Gasteiger partial charge on any atom is 0.142 e. The number of aromatic nitrogens is 2. The van der Waals surface area contributed by atoms with Crippen LogP contribution in [0.4, 0.5) is 0 Å². The van der Waals surface area contributed by atoms with Gasteiger partial charge in [-0.3, -0.25) is 9.88 Å². The van der Waals surface area contributed by atoms with Gasteiger partial charge < -0.3 is 5.73 Å². The molecule has 1 fully saturated rings. The van der Waals surface area contributed by atoms with Crippen molar-refractivity contribution >= 4 is 11.3 Å². The van der Waals surface area contributed by atoms with Gasteiger partial charge in [0, 0.05) is 30.2 Å². The molecule has 0 atom stereocenters. The van der Waals surface area contributed by atoms with Crippen LogP contribution in [0, 0.1) is 0 Å². The van der Waals surface area contributed by atoms with E-state index in [1.165, 1.54) is 12.8 Å². The van der Waals surface area contributed by atoms with E-state index in [0.717, 1.165) is 35.8 Å². The molecule has 21 heavy (non-hydrogen) atoms. The largest absolute Gasteiger partial charge is 0.328 e. The van der Waals surface area contributed by atoms with Gasteiger partial charge in [0.2, 0.25) is 0 Å². The summed E-state index contributed by atoms with van der Waals surface area (Å²) in [6.07, 6.45) is 6.51. The molecule has 0 amide bonds. The van der Waals surface area contributed by atoms with Crippen LogP contribution in [0.1, 0.15) is 31.4 Å². The van der Waals surface area contributed by atoms with Crippen LogP contribution in [-0.2, 0) is 6.54 Å². The average molecular weight is 302 g/mol. The Morgan fingerprint density at radius 1 is 1.29 bits per heavy atom. The summed E-state index contributed by atoms with van der Waals surface area (Å²) in [4.78, 5) is 11.5. The van der Waals surface area contributed by atoms with E-state index in [2.05, 4.69) is 22.3 Å². The predicted octanol–water partition coefficient (Wildman–Crippen LogP) is 2.91. The summed E-state index contributed by atoms with van der Waals surface area (Å²) in [5, 5.41) is 3.15. The number of thiazole rings is 1. The molecule has 0 saturated heterocycles. The van der Waals surface area contributed by atoms with E-state index in [1.54, 1.807) is 11.3 Å². The summed E-state index contributed by atoms with van der Waals surface area (Å²) in [5.41, 5.74) is 8.08. The molecule has 0 aliphatic heterocycles. The first-order valence-corrected chi connectivity index (χ1v) is 8.42. The van der Waals surface area contributed by atoms with Gasteiger partial charge in [-0.2, -0.15) is 0 Å². The number of rotatable bonds is 4. The molecule has 2 N–H and O–H groups in total. The second-order valence-electron chi connectivity index (χ2n) is 5.84. The Labute approximate surface area is 130 Å². The predicted molar refractivity (Wildman–Crippen MR) is 87.0 cm³/mol. The van der Waals surface area contributed by atoms with Crippen molar-refractivity contribution in [3.8, 4) is 10.7 Å². The first-order chi connectivity index (χ1) is 10.2. The highest BCUT2D eigenvalue weighted by Gasteiger charge is 2.22. The van der Waals surface area contributed by atoms with Crippen molar-refractivity contribution in [3.63, 3.8) is 0 Å². The zero-order valence-electron chi connectivity index (χ0n) is 12.4. The van der Waals surface area contributed by atoms with E-state index < -0.39 is 0 Å². The molecule has 0 aromatic carbocycles. The van der Waals surface area contributed by atoms with Crippen LogP contribution in [0.3, 0.4) is 0 Å². The molecule has 0 radical (unpaired) electrons. The van der Waals surface area contributed by atoms with Crippen molar-refractivity contribution < 1.29 is 0 Å². The minimum atomic E-state index is 0.407. The van der Waals surface area contributed by atoms with E-state index >= 15 is 0 Å². The zero-order chi connectivity index (χ0) is 14.7. The topological polar surface area (TPSA) is 55.0 Å². The Balaban J connectivity index is 1.62. The molecule has 1 saturated carbocycles. The van der Waals surface area contributed by atoms with Gasteiger partial charge in [0.05, 0.1) is 11.4 Å². The average Bonchev–Trinajstić information content (AvgIpc) is 2.97. The maximum absolute atomic E-state index is 5.98. The van der Waals surface area contributed by atoms with E-state index in [1.807, 2.05) is 24.4 Å². The number of nitrogens with zero attached hydrogens (tertiary/aromatic N) is 3. The second-order valence-corrected chi connectivity index (χ2v) is 6.70. The standard InChI is InChI=1S/C16H22N4S/c1-20(14-7-5-12(17)6-8-14)10-13-11-21-16(19-13)15-4-2-3-9-18-15/h2-4,9,11-12,14H,5-8,10,17H2,1H3. The van der Waals surface area contributed by atoms with Gasteiger partial charge in [0.1, 0.15) is 5.01 Å². The highest BCUT2D eigenvalue weighted by molar-refractivity contribution is 7.13. The Kier molecular flexibility index (Phi) is 4.63. The lowest BCUT2D eigenvalue weighted by Gasteiger charge is -2.33. The van der Waals surface area contributed by atoms with Gasteiger partial charge in [-0.1, -0.05) is 6.07 Å². The molecular formula is C16H22N4S. The third-order valence-corrected chi connectivity index (χ3v) is 5.13. The molecule has 2 aromatic heterocycles. The Morgan fingerprint density at radius 3 is 2.81 bits per heavy atom. The minimum absolute atomic E-state index is 0.407. The summed E-state index contributed by atoms with van der Waals surface area (Å²) in [5.74, 6) is 0. The molecular weight excluding hydrogens is 280 g/mol. The Bertz CT molecular complexity index is 561. The third kappa shape index (κ3) is 3.67. The minimum Gasteiger partial charge on any atom is -0.328 e. The van der Waals surface area contributed by atoms with Crippen molar-refractivity contribution in [2.45, 2.75) is 44.3 Å². The fraction of sp³-hybridized carbons (Fsp3) is 0.500. The van der Waals surface area contributed by atoms with Crippen LogP contribution in [0.5, 0.6) is 0 Å². The molecule has 5 heteroatoms. The zero-order valence-corrected chi connectivity index (χ0v) is 13.2. The number of nitrogens with two attached hydrogens (primary N) is 1. The van der Waals surface area contributed by atoms with E-state index in [-0.39, 0.29) is 0 Å². The maximum atomic E-state index is 5.98. The summed E-state index contributed by atoms with van der Waals surface area (Å²) in [6.45, 7) is 0.906. The van der Waals surface area contributed by atoms with Crippen LogP contribution < -0.4 is 5.73 Å². The van der Waals surface area contributed by atoms with Crippen LogP contribution in [0.2, 0.25) is 0 Å². The van der Waals surface area contributed by atoms with Crippen molar-refractivity contribution in [2.24, 2.45) is 5.73 Å². The summed E-state index contributed by atoms with van der Waals surface area (Å²) < 4.78 is 0. The first kappa shape index (κ1) is 14.6. The van der Waals surface area contributed by atoms with Gasteiger partial charge in [0.25, 0.3) is 0 Å². The lowest BCUT2D eigenvalue weighted by molar-refractivity contribution is 0.175. The first-order valence-electron chi connectivity index (χ1n) is 7.54. The Morgan fingerprint density at radius 2 is 2.10 bits per heavy atom. The normalized spacial score (nSPS) is 22.6. The SMILES string of the molecule is CN(Cc1csc(-c2ccccn2)n1)C1CCC(N)CC1. The Hall–Kier alpha value is -1.30. The van der Waals surface area contributed by atoms with Crippen LogP contribution in [0.15, 0.2) is 29.8 Å². The van der Waals surface area contributed by atoms with Gasteiger partial charge in [0.15, 0.2) is 0 Å². The van der Waals surface area contributed by atoms with Crippen LogP contribution in [0.25, 0.3) is 10.7 Å². The van der Waals surface area contributed by atoms with Crippen molar-refractivity contribution in [1.29, 1.82) is 0 Å². The molecule has 112 valence electrons. The highest BCUT2D eigenvalue weighted by Crippen LogP contribution is 2.25. The number of pyridine rings is 1. The smallest absolute Gasteiger partial charge is 0.142 e. The lowest BCUT2D eigenvalue weighted by atomic mass is 9.91. The molecule has 0 unspecified atom stereocenters. The van der Waals surface area contributed by atoms with Gasteiger partial charge in [-0.25, -0.2) is 4.98 Å². The summed E-state index contributed by atoms with van der Waals surface area (Å²) >= 11 is 1.67. The van der Waals surface area contributed by atoms with Crippen molar-refractivity contribution in [3.05, 3.63) is 35.5 Å². The quantitative estimate of drug-likeness (QED) is 0.943. The molecule has 3 rings (SSSR count). The summed E-state index contributed by atoms with van der Waals surface area (Å²) in [6, 6.07) is 6.99. The van der Waals surface area contributed by atoms with E-state index in [4.69, 9.17) is 10.7 Å². The number of hydrogen-bond acceptors (Lipinski definition) is 5. The second kappa shape index (κ2) is 6.64. The third-order valence-electron chi connectivity index (χ3n) is 4.21. The highest BCUT2D eigenvalue weighted by atomic mass is 32.1.